The van der Waals surface area contributed by atoms with Gasteiger partial charge >= 0.3 is 0 Å². The first kappa shape index (κ1) is 23.9. The second-order valence-electron chi connectivity index (χ2n) is 7.25. The number of amidine groups is 1. The molecule has 0 spiro atoms. The Morgan fingerprint density at radius 3 is 2.67 bits per heavy atom. The third-order valence-electron chi connectivity index (χ3n) is 4.91. The number of hydrazine groups is 1. The van der Waals surface area contributed by atoms with Crippen LogP contribution < -0.4 is 32.5 Å². The minimum Gasteiger partial charge on any atom is -0.490 e. The second-order valence-corrected chi connectivity index (χ2v) is 7.25. The summed E-state index contributed by atoms with van der Waals surface area (Å²) in [5.74, 6) is 9.01. The number of nitrogens with two attached hydrogens (primary N) is 3. The molecule has 33 heavy (non-hydrogen) atoms. The number of pyridine rings is 1. The molecule has 10 nitrogen and oxygen atoms in total. The van der Waals surface area contributed by atoms with Gasteiger partial charge in [0.2, 0.25) is 5.82 Å². The molecule has 7 N–H and O–H groups in total. The summed E-state index contributed by atoms with van der Waals surface area (Å²) in [5, 5.41) is 11.6. The molecule has 0 bridgehead atoms. The van der Waals surface area contributed by atoms with Crippen LogP contribution >= 0.6 is 0 Å². The van der Waals surface area contributed by atoms with E-state index in [-0.39, 0.29) is 35.3 Å². The number of anilines is 2. The van der Waals surface area contributed by atoms with Crippen LogP contribution in [0.2, 0.25) is 0 Å². The van der Waals surface area contributed by atoms with Crippen molar-refractivity contribution in [3.05, 3.63) is 54.0 Å². The van der Waals surface area contributed by atoms with Gasteiger partial charge in [0, 0.05) is 30.6 Å². The maximum Gasteiger partial charge on any atom is 0.202 e. The van der Waals surface area contributed by atoms with Gasteiger partial charge in [0.25, 0.3) is 0 Å². The number of aromatic nitrogens is 3. The fraction of sp³-hybridized carbons (Fsp3) is 0.286. The Morgan fingerprint density at radius 1 is 1.21 bits per heavy atom. The van der Waals surface area contributed by atoms with Crippen LogP contribution in [-0.2, 0) is 7.05 Å². The zero-order chi connectivity index (χ0) is 24.0. The topological polar surface area (TPSA) is 146 Å². The number of unbranched alkanes of at least 4 members (excludes halogenated alkanes) is 1. The van der Waals surface area contributed by atoms with Crippen molar-refractivity contribution >= 4 is 17.3 Å². The van der Waals surface area contributed by atoms with Gasteiger partial charge in [-0.2, -0.15) is 14.6 Å². The van der Waals surface area contributed by atoms with E-state index in [0.717, 1.165) is 23.5 Å². The highest BCUT2D eigenvalue weighted by atomic mass is 19.2. The molecule has 0 saturated carbocycles. The van der Waals surface area contributed by atoms with E-state index in [9.17, 15) is 8.78 Å². The second kappa shape index (κ2) is 10.7. The van der Waals surface area contributed by atoms with Gasteiger partial charge in [-0.05, 0) is 44.6 Å². The predicted octanol–water partition coefficient (Wildman–Crippen LogP) is 1.72. The van der Waals surface area contributed by atoms with E-state index in [1.165, 1.54) is 12.1 Å². The first-order valence-corrected chi connectivity index (χ1v) is 10.2. The molecule has 0 aliphatic carbocycles. The smallest absolute Gasteiger partial charge is 0.202 e. The summed E-state index contributed by atoms with van der Waals surface area (Å²) in [7, 11) is 3.61. The predicted molar refractivity (Wildman–Crippen MR) is 123 cm³/mol. The van der Waals surface area contributed by atoms with Crippen molar-refractivity contribution in [2.75, 3.05) is 30.9 Å². The number of nitrogen functional groups attached to an aromatic ring is 1. The zero-order valence-electron chi connectivity index (χ0n) is 18.4. The molecule has 0 aliphatic heterocycles. The van der Waals surface area contributed by atoms with Gasteiger partial charge < -0.3 is 21.6 Å². The quantitative estimate of drug-likeness (QED) is 0.124. The van der Waals surface area contributed by atoms with Crippen LogP contribution in [0.25, 0.3) is 11.1 Å². The van der Waals surface area contributed by atoms with Gasteiger partial charge in [-0.15, -0.1) is 0 Å². The minimum atomic E-state index is -1.21. The van der Waals surface area contributed by atoms with Crippen molar-refractivity contribution in [1.82, 2.24) is 20.1 Å². The Kier molecular flexibility index (Phi) is 7.74. The molecule has 0 unspecified atom stereocenters. The fourth-order valence-corrected chi connectivity index (χ4v) is 3.16. The average Bonchev–Trinajstić information content (AvgIpc) is 3.24. The van der Waals surface area contributed by atoms with Crippen LogP contribution in [0.4, 0.5) is 20.3 Å². The number of hydrogen-bond acceptors (Lipinski definition) is 8. The molecular formula is C21H27F2N9O. The van der Waals surface area contributed by atoms with E-state index in [4.69, 9.17) is 22.2 Å². The molecule has 0 fully saturated rings. The van der Waals surface area contributed by atoms with Gasteiger partial charge in [0.05, 0.1) is 24.1 Å². The van der Waals surface area contributed by atoms with E-state index in [0.29, 0.717) is 12.0 Å². The summed E-state index contributed by atoms with van der Waals surface area (Å²) in [5.41, 5.74) is 7.37. The molecule has 0 aliphatic rings. The largest absolute Gasteiger partial charge is 0.490 e. The van der Waals surface area contributed by atoms with Gasteiger partial charge in [0.15, 0.2) is 17.4 Å². The number of halogens is 2. The van der Waals surface area contributed by atoms with E-state index >= 15 is 0 Å². The Hall–Kier alpha value is -3.77. The molecule has 12 heteroatoms. The van der Waals surface area contributed by atoms with Crippen LogP contribution in [0.1, 0.15) is 18.4 Å². The zero-order valence-corrected chi connectivity index (χ0v) is 18.4. The van der Waals surface area contributed by atoms with E-state index < -0.39 is 11.6 Å². The summed E-state index contributed by atoms with van der Waals surface area (Å²) in [4.78, 5) is 4.15. The number of ether oxygens (including phenoxy) is 1. The minimum absolute atomic E-state index is 0.0599. The molecule has 3 rings (SSSR count). The third kappa shape index (κ3) is 5.35. The lowest BCUT2D eigenvalue weighted by Gasteiger charge is -2.22. The highest BCUT2D eigenvalue weighted by Crippen LogP contribution is 2.30. The summed E-state index contributed by atoms with van der Waals surface area (Å²) in [6.07, 6.45) is 6.51. The van der Waals surface area contributed by atoms with Crippen molar-refractivity contribution in [2.45, 2.75) is 12.8 Å². The first-order chi connectivity index (χ1) is 15.9. The molecular weight excluding hydrogens is 432 g/mol. The Labute approximate surface area is 190 Å². The summed E-state index contributed by atoms with van der Waals surface area (Å²) in [6.45, 7) is 1.06. The van der Waals surface area contributed by atoms with E-state index in [2.05, 4.69) is 20.5 Å². The van der Waals surface area contributed by atoms with Crippen LogP contribution in [0.3, 0.4) is 0 Å². The highest BCUT2D eigenvalue weighted by molar-refractivity contribution is 6.12. The highest BCUT2D eigenvalue weighted by Gasteiger charge is 2.23. The summed E-state index contributed by atoms with van der Waals surface area (Å²) >= 11 is 0. The molecule has 3 aromatic rings. The number of hydrogen-bond donors (Lipinski definition) is 4. The molecule has 0 amide bonds. The number of nitrogens with zero attached hydrogens (tertiary/aromatic N) is 5. The van der Waals surface area contributed by atoms with Crippen molar-refractivity contribution in [3.8, 4) is 16.9 Å². The lowest BCUT2D eigenvalue weighted by molar-refractivity contribution is 0.286. The van der Waals surface area contributed by atoms with Crippen molar-refractivity contribution in [2.24, 2.45) is 23.8 Å². The first-order valence-electron chi connectivity index (χ1n) is 10.2. The van der Waals surface area contributed by atoms with Crippen LogP contribution in [0, 0.1) is 11.6 Å². The molecule has 0 radical (unpaired) electrons. The van der Waals surface area contributed by atoms with Gasteiger partial charge in [-0.3, -0.25) is 9.69 Å². The van der Waals surface area contributed by atoms with E-state index in [1.807, 2.05) is 7.05 Å². The SMILES string of the molecule is CNCCCCOc1ccc(N(N)/C(=N\N)c2cc(-c3cnn(C)c3)cnc2N)c(F)c1F. The maximum absolute atomic E-state index is 14.9. The monoisotopic (exact) mass is 459 g/mol. The lowest BCUT2D eigenvalue weighted by Crippen LogP contribution is -2.40. The van der Waals surface area contributed by atoms with Crippen LogP contribution in [0.15, 0.2) is 41.9 Å². The van der Waals surface area contributed by atoms with Crippen molar-refractivity contribution in [1.29, 1.82) is 0 Å². The molecule has 1 aromatic carbocycles. The molecule has 2 aromatic heterocycles. The summed E-state index contributed by atoms with van der Waals surface area (Å²) in [6, 6.07) is 4.22. The van der Waals surface area contributed by atoms with Crippen LogP contribution in [-0.4, -0.2) is 40.8 Å². The van der Waals surface area contributed by atoms with Gasteiger partial charge in [-0.1, -0.05) is 0 Å². The molecule has 0 saturated heterocycles. The van der Waals surface area contributed by atoms with Crippen molar-refractivity contribution in [3.63, 3.8) is 0 Å². The van der Waals surface area contributed by atoms with Gasteiger partial charge in [0.1, 0.15) is 5.82 Å². The third-order valence-corrected chi connectivity index (χ3v) is 4.91. The fourth-order valence-electron chi connectivity index (χ4n) is 3.16. The Bertz CT molecular complexity index is 1130. The van der Waals surface area contributed by atoms with Gasteiger partial charge in [-0.25, -0.2) is 15.2 Å². The average molecular weight is 460 g/mol. The number of aryl methyl sites for hydroxylation is 1. The van der Waals surface area contributed by atoms with Crippen LogP contribution in [0.5, 0.6) is 5.75 Å². The lowest BCUT2D eigenvalue weighted by atomic mass is 10.1. The standard InChI is InChI=1S/C21H27F2N9O/c1-27-7-3-4-8-33-17-6-5-16(18(22)19(17)23)32(26)21(30-25)15-9-13(10-28-20(15)24)14-11-29-31(2)12-14/h5-6,9-12,27H,3-4,7-8,25-26H2,1-2H3,(H2,24,28)/b30-21-. The normalized spacial score (nSPS) is 11.6. The van der Waals surface area contributed by atoms with Crippen molar-refractivity contribution < 1.29 is 13.5 Å². The Morgan fingerprint density at radius 2 is 2.00 bits per heavy atom. The number of hydrazone groups is 1. The molecule has 176 valence electrons. The number of rotatable bonds is 9. The Balaban J connectivity index is 1.86. The number of nitrogens with one attached hydrogen (secondary N) is 1. The maximum atomic E-state index is 14.9. The number of benzene rings is 1. The van der Waals surface area contributed by atoms with E-state index in [1.54, 1.807) is 36.4 Å². The summed E-state index contributed by atoms with van der Waals surface area (Å²) < 4.78 is 36.5. The molecule has 0 atom stereocenters. The molecule has 2 heterocycles.